The van der Waals surface area contributed by atoms with E-state index in [0.29, 0.717) is 32.1 Å². The first kappa shape index (κ1) is 15.2. The van der Waals surface area contributed by atoms with Crippen molar-refractivity contribution >= 4 is 22.4 Å². The number of carbonyl (C=O) groups is 1. The molecule has 1 saturated heterocycles. The Kier molecular flexibility index (Phi) is 5.75. The number of anilines is 1. The van der Waals surface area contributed by atoms with Crippen molar-refractivity contribution in [2.75, 3.05) is 45.3 Å². The highest BCUT2D eigenvalue weighted by Crippen LogP contribution is 2.19. The minimum atomic E-state index is -0.0187. The largest absolute Gasteiger partial charge is 0.385 e. The third-order valence-corrected chi connectivity index (χ3v) is 3.99. The summed E-state index contributed by atoms with van der Waals surface area (Å²) < 4.78 is 10.6. The van der Waals surface area contributed by atoms with Gasteiger partial charge in [-0.05, 0) is 13.3 Å². The molecule has 1 aliphatic rings. The van der Waals surface area contributed by atoms with E-state index >= 15 is 0 Å². The standard InChI is InChI=1S/C13H21N3O3S/c1-3-14-13-15-11(9-20-13)12(17)16-5-7-19-8-10(16)4-6-18-2/h9-10H,3-8H2,1-2H3,(H,14,15). The number of rotatable bonds is 6. The van der Waals surface area contributed by atoms with Gasteiger partial charge in [-0.25, -0.2) is 4.98 Å². The molecular weight excluding hydrogens is 278 g/mol. The van der Waals surface area contributed by atoms with E-state index in [0.717, 1.165) is 18.1 Å². The summed E-state index contributed by atoms with van der Waals surface area (Å²) in [6, 6.07) is 0.0699. The summed E-state index contributed by atoms with van der Waals surface area (Å²) in [7, 11) is 1.67. The van der Waals surface area contributed by atoms with Crippen molar-refractivity contribution in [3.63, 3.8) is 0 Å². The Morgan fingerprint density at radius 2 is 2.55 bits per heavy atom. The van der Waals surface area contributed by atoms with Crippen LogP contribution < -0.4 is 5.32 Å². The number of ether oxygens (including phenoxy) is 2. The van der Waals surface area contributed by atoms with Gasteiger partial charge in [0.1, 0.15) is 5.69 Å². The molecule has 1 aliphatic heterocycles. The molecule has 1 atom stereocenters. The molecule has 2 rings (SSSR count). The molecule has 20 heavy (non-hydrogen) atoms. The van der Waals surface area contributed by atoms with Crippen molar-refractivity contribution in [3.8, 4) is 0 Å². The lowest BCUT2D eigenvalue weighted by atomic mass is 10.1. The molecule has 112 valence electrons. The van der Waals surface area contributed by atoms with Crippen LogP contribution >= 0.6 is 11.3 Å². The van der Waals surface area contributed by atoms with E-state index in [1.807, 2.05) is 17.2 Å². The summed E-state index contributed by atoms with van der Waals surface area (Å²) in [5.74, 6) is -0.0187. The van der Waals surface area contributed by atoms with Crippen molar-refractivity contribution in [1.82, 2.24) is 9.88 Å². The monoisotopic (exact) mass is 299 g/mol. The average Bonchev–Trinajstić information content (AvgIpc) is 2.94. The smallest absolute Gasteiger partial charge is 0.273 e. The van der Waals surface area contributed by atoms with E-state index in [4.69, 9.17) is 9.47 Å². The second kappa shape index (κ2) is 7.56. The van der Waals surface area contributed by atoms with E-state index in [9.17, 15) is 4.79 Å². The Hall–Kier alpha value is -1.18. The molecular formula is C13H21N3O3S. The number of carbonyl (C=O) groups excluding carboxylic acids is 1. The Labute approximate surface area is 123 Å². The van der Waals surface area contributed by atoms with Crippen LogP contribution in [0.5, 0.6) is 0 Å². The molecule has 1 aromatic heterocycles. The fourth-order valence-corrected chi connectivity index (χ4v) is 2.92. The van der Waals surface area contributed by atoms with Gasteiger partial charge >= 0.3 is 0 Å². The van der Waals surface area contributed by atoms with E-state index in [-0.39, 0.29) is 11.9 Å². The number of amides is 1. The van der Waals surface area contributed by atoms with Crippen LogP contribution in [-0.4, -0.2) is 61.9 Å². The topological polar surface area (TPSA) is 63.7 Å². The number of hydrogen-bond acceptors (Lipinski definition) is 6. The molecule has 0 aliphatic carbocycles. The lowest BCUT2D eigenvalue weighted by molar-refractivity contribution is -0.0106. The Morgan fingerprint density at radius 1 is 1.70 bits per heavy atom. The van der Waals surface area contributed by atoms with Crippen molar-refractivity contribution in [2.24, 2.45) is 0 Å². The van der Waals surface area contributed by atoms with Crippen molar-refractivity contribution < 1.29 is 14.3 Å². The number of nitrogens with zero attached hydrogens (tertiary/aromatic N) is 2. The predicted molar refractivity (Wildman–Crippen MR) is 78.4 cm³/mol. The number of methoxy groups -OCH3 is 1. The van der Waals surface area contributed by atoms with Gasteiger partial charge in [-0.1, -0.05) is 0 Å². The van der Waals surface area contributed by atoms with Crippen LogP contribution in [0.3, 0.4) is 0 Å². The van der Waals surface area contributed by atoms with Gasteiger partial charge in [-0.15, -0.1) is 11.3 Å². The van der Waals surface area contributed by atoms with Crippen LogP contribution in [0, 0.1) is 0 Å². The number of aromatic nitrogens is 1. The van der Waals surface area contributed by atoms with Gasteiger partial charge in [-0.3, -0.25) is 4.79 Å². The number of nitrogens with one attached hydrogen (secondary N) is 1. The average molecular weight is 299 g/mol. The Balaban J connectivity index is 2.03. The van der Waals surface area contributed by atoms with E-state index in [1.54, 1.807) is 7.11 Å². The van der Waals surface area contributed by atoms with Gasteiger partial charge < -0.3 is 19.7 Å². The van der Waals surface area contributed by atoms with Crippen LogP contribution in [-0.2, 0) is 9.47 Å². The maximum atomic E-state index is 12.5. The number of hydrogen-bond donors (Lipinski definition) is 1. The van der Waals surface area contributed by atoms with Gasteiger partial charge in [0, 0.05) is 32.2 Å². The first-order valence-electron chi connectivity index (χ1n) is 6.83. The fourth-order valence-electron chi connectivity index (χ4n) is 2.17. The van der Waals surface area contributed by atoms with Gasteiger partial charge in [-0.2, -0.15) is 0 Å². The summed E-state index contributed by atoms with van der Waals surface area (Å²) in [5.41, 5.74) is 0.510. The molecule has 0 saturated carbocycles. The zero-order valence-corrected chi connectivity index (χ0v) is 12.7. The van der Waals surface area contributed by atoms with Crippen molar-refractivity contribution in [1.29, 1.82) is 0 Å². The molecule has 1 N–H and O–H groups in total. The molecule has 1 fully saturated rings. The van der Waals surface area contributed by atoms with E-state index in [1.165, 1.54) is 11.3 Å². The molecule has 2 heterocycles. The molecule has 1 amide bonds. The molecule has 1 unspecified atom stereocenters. The minimum absolute atomic E-state index is 0.0187. The second-order valence-corrected chi connectivity index (χ2v) is 5.44. The summed E-state index contributed by atoms with van der Waals surface area (Å²) >= 11 is 1.46. The van der Waals surface area contributed by atoms with Crippen LogP contribution in [0.15, 0.2) is 5.38 Å². The highest BCUT2D eigenvalue weighted by Gasteiger charge is 2.29. The van der Waals surface area contributed by atoms with Crippen molar-refractivity contribution in [2.45, 2.75) is 19.4 Å². The summed E-state index contributed by atoms with van der Waals surface area (Å²) in [5, 5.41) is 5.72. The molecule has 1 aromatic rings. The number of morpholine rings is 1. The molecule has 7 heteroatoms. The maximum absolute atomic E-state index is 12.5. The first-order valence-corrected chi connectivity index (χ1v) is 7.71. The van der Waals surface area contributed by atoms with Crippen LogP contribution in [0.2, 0.25) is 0 Å². The quantitative estimate of drug-likeness (QED) is 0.861. The van der Waals surface area contributed by atoms with E-state index in [2.05, 4.69) is 10.3 Å². The lowest BCUT2D eigenvalue weighted by Gasteiger charge is -2.35. The van der Waals surface area contributed by atoms with Crippen molar-refractivity contribution in [3.05, 3.63) is 11.1 Å². The summed E-state index contributed by atoms with van der Waals surface area (Å²) in [6.07, 6.45) is 0.784. The third-order valence-electron chi connectivity index (χ3n) is 3.19. The van der Waals surface area contributed by atoms with Gasteiger partial charge in [0.15, 0.2) is 5.13 Å². The highest BCUT2D eigenvalue weighted by atomic mass is 32.1. The van der Waals surface area contributed by atoms with Crippen LogP contribution in [0.1, 0.15) is 23.8 Å². The minimum Gasteiger partial charge on any atom is -0.385 e. The molecule has 6 nitrogen and oxygen atoms in total. The Bertz CT molecular complexity index is 438. The lowest BCUT2D eigenvalue weighted by Crippen LogP contribution is -2.49. The van der Waals surface area contributed by atoms with Gasteiger partial charge in [0.25, 0.3) is 5.91 Å². The zero-order valence-electron chi connectivity index (χ0n) is 11.9. The third kappa shape index (κ3) is 3.68. The first-order chi connectivity index (χ1) is 9.76. The van der Waals surface area contributed by atoms with Crippen LogP contribution in [0.25, 0.3) is 0 Å². The highest BCUT2D eigenvalue weighted by molar-refractivity contribution is 7.13. The normalized spacial score (nSPS) is 19.1. The predicted octanol–water partition coefficient (Wildman–Crippen LogP) is 1.45. The molecule has 0 spiro atoms. The maximum Gasteiger partial charge on any atom is 0.273 e. The van der Waals surface area contributed by atoms with Crippen LogP contribution in [0.4, 0.5) is 5.13 Å². The molecule has 0 bridgehead atoms. The van der Waals surface area contributed by atoms with Gasteiger partial charge in [0.2, 0.25) is 0 Å². The second-order valence-electron chi connectivity index (χ2n) is 4.58. The molecule has 0 radical (unpaired) electrons. The SMILES string of the molecule is CCNc1nc(C(=O)N2CCOCC2CCOC)cs1. The molecule has 0 aromatic carbocycles. The number of thiazole rings is 1. The fraction of sp³-hybridized carbons (Fsp3) is 0.692. The van der Waals surface area contributed by atoms with E-state index < -0.39 is 0 Å². The van der Waals surface area contributed by atoms with Gasteiger partial charge in [0.05, 0.1) is 19.3 Å². The summed E-state index contributed by atoms with van der Waals surface area (Å²) in [6.45, 7) is 5.19. The summed E-state index contributed by atoms with van der Waals surface area (Å²) in [4.78, 5) is 18.7. The Morgan fingerprint density at radius 3 is 3.30 bits per heavy atom. The zero-order chi connectivity index (χ0) is 14.4.